The summed E-state index contributed by atoms with van der Waals surface area (Å²) >= 11 is 0. The topological polar surface area (TPSA) is 102 Å². The second-order valence-electron chi connectivity index (χ2n) is 6.98. The molecule has 1 fully saturated rings. The highest BCUT2D eigenvalue weighted by Crippen LogP contribution is 2.59. The van der Waals surface area contributed by atoms with Crippen LogP contribution in [0.5, 0.6) is 0 Å². The van der Waals surface area contributed by atoms with E-state index in [2.05, 4.69) is 18.3 Å². The maximum atomic E-state index is 11.9. The summed E-state index contributed by atoms with van der Waals surface area (Å²) in [5.74, 6) is -0.643. The van der Waals surface area contributed by atoms with Crippen molar-refractivity contribution in [3.05, 3.63) is 11.6 Å². The molecule has 1 amide bonds. The number of esters is 1. The van der Waals surface area contributed by atoms with Gasteiger partial charge in [-0.3, -0.25) is 9.59 Å². The van der Waals surface area contributed by atoms with E-state index in [9.17, 15) is 19.5 Å². The number of rotatable bonds is 8. The third kappa shape index (κ3) is 4.52. The van der Waals surface area contributed by atoms with Gasteiger partial charge in [-0.15, -0.1) is 0 Å². The number of hydrogen-bond donors (Lipinski definition) is 2. The zero-order valence-corrected chi connectivity index (χ0v) is 15.0. The van der Waals surface area contributed by atoms with E-state index in [0.717, 1.165) is 19.3 Å². The number of ether oxygens (including phenoxy) is 2. The molecule has 7 heteroatoms. The smallest absolute Gasteiger partial charge is 0.410 e. The van der Waals surface area contributed by atoms with Gasteiger partial charge in [-0.25, -0.2) is 4.79 Å². The summed E-state index contributed by atoms with van der Waals surface area (Å²) < 4.78 is 9.87. The van der Waals surface area contributed by atoms with E-state index in [1.165, 1.54) is 12.5 Å². The summed E-state index contributed by atoms with van der Waals surface area (Å²) in [4.78, 5) is 34.4. The van der Waals surface area contributed by atoms with Gasteiger partial charge in [0.2, 0.25) is 6.29 Å². The number of allylic oxidation sites excluding steroid dienone is 2. The van der Waals surface area contributed by atoms with Crippen molar-refractivity contribution in [2.24, 2.45) is 17.3 Å². The molecule has 0 aromatic carbocycles. The first kappa shape index (κ1) is 19.3. The number of carboxylic acids is 1. The maximum Gasteiger partial charge on any atom is 0.410 e. The highest BCUT2D eigenvalue weighted by atomic mass is 16.7. The normalized spacial score (nSPS) is 28.2. The summed E-state index contributed by atoms with van der Waals surface area (Å²) in [6, 6.07) is 0. The van der Waals surface area contributed by atoms with Gasteiger partial charge in [-0.05, 0) is 31.1 Å². The molecule has 0 saturated heterocycles. The van der Waals surface area contributed by atoms with Crippen LogP contribution in [0.2, 0.25) is 0 Å². The Balaban J connectivity index is 1.91. The van der Waals surface area contributed by atoms with Crippen molar-refractivity contribution in [1.29, 1.82) is 0 Å². The molecular formula is C18H27NO6. The van der Waals surface area contributed by atoms with Gasteiger partial charge >= 0.3 is 18.0 Å². The summed E-state index contributed by atoms with van der Waals surface area (Å²) in [6.45, 7) is 5.45. The van der Waals surface area contributed by atoms with Gasteiger partial charge in [-0.1, -0.05) is 25.5 Å². The fraction of sp³-hybridized carbons (Fsp3) is 0.722. The van der Waals surface area contributed by atoms with Crippen LogP contribution in [0.4, 0.5) is 4.79 Å². The van der Waals surface area contributed by atoms with Crippen LogP contribution in [0.15, 0.2) is 11.6 Å². The van der Waals surface area contributed by atoms with Crippen molar-refractivity contribution in [1.82, 2.24) is 5.32 Å². The first-order valence-corrected chi connectivity index (χ1v) is 8.85. The lowest BCUT2D eigenvalue weighted by Crippen LogP contribution is -2.53. The molecule has 0 aromatic rings. The van der Waals surface area contributed by atoms with E-state index in [0.29, 0.717) is 5.92 Å². The molecule has 25 heavy (non-hydrogen) atoms. The van der Waals surface area contributed by atoms with Crippen LogP contribution < -0.4 is 5.32 Å². The van der Waals surface area contributed by atoms with Crippen LogP contribution in [0.1, 0.15) is 52.9 Å². The molecule has 0 aliphatic heterocycles. The molecule has 0 radical (unpaired) electrons. The number of hydrogen-bond acceptors (Lipinski definition) is 5. The number of carbonyl (C=O) groups is 3. The molecule has 4 atom stereocenters. The quantitative estimate of drug-likeness (QED) is 0.395. The van der Waals surface area contributed by atoms with Crippen molar-refractivity contribution in [3.63, 3.8) is 0 Å². The predicted octanol–water partition coefficient (Wildman–Crippen LogP) is 2.85. The number of alkyl carbamates (subject to hydrolysis) is 1. The van der Waals surface area contributed by atoms with E-state index in [1.54, 1.807) is 6.92 Å². The minimum atomic E-state index is -0.977. The Labute approximate surface area is 147 Å². The fourth-order valence-electron chi connectivity index (χ4n) is 4.03. The molecule has 0 heterocycles. The number of carbonyl (C=O) groups excluding carboxylic acids is 2. The van der Waals surface area contributed by atoms with Gasteiger partial charge < -0.3 is 19.9 Å². The Bertz CT molecular complexity index is 572. The summed E-state index contributed by atoms with van der Waals surface area (Å²) in [5.41, 5.74) is 0.903. The molecule has 0 aromatic heterocycles. The Morgan fingerprint density at radius 2 is 2.08 bits per heavy atom. The van der Waals surface area contributed by atoms with Gasteiger partial charge in [-0.2, -0.15) is 0 Å². The summed E-state index contributed by atoms with van der Waals surface area (Å²) in [5, 5.41) is 11.9. The Kier molecular flexibility index (Phi) is 6.08. The molecular weight excluding hydrogens is 326 g/mol. The fourth-order valence-corrected chi connectivity index (χ4v) is 4.03. The molecule has 0 spiro atoms. The largest absolute Gasteiger partial charge is 0.481 e. The number of carboxylic acid groups (broad SMARTS) is 1. The minimum absolute atomic E-state index is 0.0162. The van der Waals surface area contributed by atoms with E-state index in [-0.39, 0.29) is 25.3 Å². The van der Waals surface area contributed by atoms with Gasteiger partial charge in [0.15, 0.2) is 0 Å². The SMILES string of the molecule is CCC(=O)O[C@@H](C)OC(=O)NC[C@]1(CC(=O)O)C[C@@H]2CC(CC)=C[C@H]21. The van der Waals surface area contributed by atoms with E-state index in [1.807, 2.05) is 0 Å². The maximum absolute atomic E-state index is 11.9. The molecule has 0 unspecified atom stereocenters. The second-order valence-corrected chi connectivity index (χ2v) is 6.98. The molecule has 7 nitrogen and oxygen atoms in total. The van der Waals surface area contributed by atoms with Crippen LogP contribution in [-0.2, 0) is 19.1 Å². The predicted molar refractivity (Wildman–Crippen MR) is 89.6 cm³/mol. The number of amides is 1. The zero-order chi connectivity index (χ0) is 18.6. The van der Waals surface area contributed by atoms with Crippen molar-refractivity contribution < 1.29 is 29.0 Å². The van der Waals surface area contributed by atoms with Gasteiger partial charge in [0.25, 0.3) is 0 Å². The molecule has 0 bridgehead atoms. The first-order valence-electron chi connectivity index (χ1n) is 8.85. The molecule has 2 aliphatic rings. The van der Waals surface area contributed by atoms with Gasteiger partial charge in [0.1, 0.15) is 0 Å². The Morgan fingerprint density at radius 1 is 1.36 bits per heavy atom. The van der Waals surface area contributed by atoms with Gasteiger partial charge in [0.05, 0.1) is 6.42 Å². The van der Waals surface area contributed by atoms with Gasteiger partial charge in [0, 0.05) is 25.3 Å². The highest BCUT2D eigenvalue weighted by molar-refractivity contribution is 5.71. The highest BCUT2D eigenvalue weighted by Gasteiger charge is 2.55. The minimum Gasteiger partial charge on any atom is -0.481 e. The first-order chi connectivity index (χ1) is 11.8. The molecule has 2 N–H and O–H groups in total. The monoisotopic (exact) mass is 353 g/mol. The van der Waals surface area contributed by atoms with Crippen molar-refractivity contribution in [2.45, 2.75) is 59.2 Å². The van der Waals surface area contributed by atoms with E-state index in [4.69, 9.17) is 9.47 Å². The molecule has 140 valence electrons. The van der Waals surface area contributed by atoms with Crippen LogP contribution in [0, 0.1) is 17.3 Å². The summed E-state index contributed by atoms with van der Waals surface area (Å²) in [7, 11) is 0. The van der Waals surface area contributed by atoms with Crippen LogP contribution in [0.25, 0.3) is 0 Å². The van der Waals surface area contributed by atoms with E-state index < -0.39 is 29.7 Å². The Morgan fingerprint density at radius 3 is 2.68 bits per heavy atom. The standard InChI is InChI=1S/C18H27NO6/c1-4-12-6-13-8-18(9-15(20)21,14(13)7-12)10-19-17(23)25-11(3)24-16(22)5-2/h7,11,13-14H,4-6,8-10H2,1-3H3,(H,19,23)(H,20,21)/t11-,13+,14-,18-/m1/s1. The Hall–Kier alpha value is -2.05. The third-order valence-electron chi connectivity index (χ3n) is 5.22. The second kappa shape index (κ2) is 7.89. The molecule has 1 saturated carbocycles. The number of aliphatic carboxylic acids is 1. The average Bonchev–Trinajstić information content (AvgIpc) is 2.88. The zero-order valence-electron chi connectivity index (χ0n) is 15.0. The lowest BCUT2D eigenvalue weighted by Gasteiger charge is -2.51. The van der Waals surface area contributed by atoms with Crippen LogP contribution >= 0.6 is 0 Å². The number of fused-ring (bicyclic) bond motifs is 1. The van der Waals surface area contributed by atoms with Crippen LogP contribution in [-0.4, -0.2) is 36.0 Å². The van der Waals surface area contributed by atoms with Crippen molar-refractivity contribution in [2.75, 3.05) is 6.54 Å². The lowest BCUT2D eigenvalue weighted by atomic mass is 9.53. The van der Waals surface area contributed by atoms with E-state index >= 15 is 0 Å². The lowest BCUT2D eigenvalue weighted by molar-refractivity contribution is -0.164. The average molecular weight is 353 g/mol. The summed E-state index contributed by atoms with van der Waals surface area (Å²) in [6.07, 6.45) is 3.51. The van der Waals surface area contributed by atoms with Crippen molar-refractivity contribution >= 4 is 18.0 Å². The molecule has 2 rings (SSSR count). The van der Waals surface area contributed by atoms with Crippen molar-refractivity contribution in [3.8, 4) is 0 Å². The molecule has 2 aliphatic carbocycles. The third-order valence-corrected chi connectivity index (χ3v) is 5.22. The van der Waals surface area contributed by atoms with Crippen LogP contribution in [0.3, 0.4) is 0 Å². The number of nitrogens with one attached hydrogen (secondary N) is 1.